The highest BCUT2D eigenvalue weighted by atomic mass is 16.5. The van der Waals surface area contributed by atoms with Crippen molar-refractivity contribution in [2.45, 2.75) is 0 Å². The van der Waals surface area contributed by atoms with Crippen LogP contribution in [0.25, 0.3) is 0 Å². The Morgan fingerprint density at radius 1 is 1.11 bits per heavy atom. The van der Waals surface area contributed by atoms with Crippen LogP contribution in [-0.4, -0.2) is 13.0 Å². The molecule has 4 nitrogen and oxygen atoms in total. The Kier molecular flexibility index (Phi) is 3.48. The molecule has 2 rings (SSSR count). The van der Waals surface area contributed by atoms with E-state index in [1.54, 1.807) is 18.2 Å². The van der Waals surface area contributed by atoms with Crippen LogP contribution in [0.4, 0.5) is 11.4 Å². The fourth-order valence-electron chi connectivity index (χ4n) is 1.68. The zero-order valence-electron chi connectivity index (χ0n) is 10.0. The molecule has 0 radical (unpaired) electrons. The van der Waals surface area contributed by atoms with Crippen LogP contribution in [0.15, 0.2) is 48.5 Å². The number of nitrogen functional groups attached to an aromatic ring is 1. The molecular formula is C14H14N2O2. The molecule has 0 heterocycles. The van der Waals surface area contributed by atoms with Crippen molar-refractivity contribution >= 4 is 17.3 Å². The van der Waals surface area contributed by atoms with E-state index in [4.69, 9.17) is 10.5 Å². The van der Waals surface area contributed by atoms with Gasteiger partial charge in [-0.3, -0.25) is 4.79 Å². The zero-order valence-corrected chi connectivity index (χ0v) is 10.0. The number of nitrogens with two attached hydrogens (primary N) is 1. The topological polar surface area (TPSA) is 64.3 Å². The van der Waals surface area contributed by atoms with Crippen molar-refractivity contribution in [3.8, 4) is 5.75 Å². The Morgan fingerprint density at radius 2 is 1.83 bits per heavy atom. The lowest BCUT2D eigenvalue weighted by Crippen LogP contribution is -2.13. The predicted octanol–water partition coefficient (Wildman–Crippen LogP) is 2.53. The first kappa shape index (κ1) is 12.0. The lowest BCUT2D eigenvalue weighted by molar-refractivity contribution is 0.102. The van der Waals surface area contributed by atoms with Crippen LogP contribution in [0.3, 0.4) is 0 Å². The largest absolute Gasteiger partial charge is 0.494 e. The number of para-hydroxylation sites is 2. The molecule has 2 aromatic rings. The number of hydrogen-bond donors (Lipinski definition) is 2. The van der Waals surface area contributed by atoms with E-state index >= 15 is 0 Å². The highest BCUT2D eigenvalue weighted by Crippen LogP contribution is 2.26. The third-order valence-electron chi connectivity index (χ3n) is 2.53. The number of methoxy groups -OCH3 is 1. The number of hydrogen-bond acceptors (Lipinski definition) is 3. The van der Waals surface area contributed by atoms with Gasteiger partial charge in [-0.1, -0.05) is 24.3 Å². The number of nitrogens with one attached hydrogen (secondary N) is 1. The van der Waals surface area contributed by atoms with Gasteiger partial charge in [-0.05, 0) is 24.3 Å². The molecule has 0 aliphatic carbocycles. The SMILES string of the molecule is COc1c(N)cccc1C(=O)Nc1ccccc1. The number of amides is 1. The molecule has 2 aromatic carbocycles. The van der Waals surface area contributed by atoms with Gasteiger partial charge in [-0.2, -0.15) is 0 Å². The second kappa shape index (κ2) is 5.23. The van der Waals surface area contributed by atoms with Crippen molar-refractivity contribution in [2.75, 3.05) is 18.2 Å². The van der Waals surface area contributed by atoms with E-state index in [0.717, 1.165) is 5.69 Å². The van der Waals surface area contributed by atoms with Crippen LogP contribution < -0.4 is 15.8 Å². The second-order valence-corrected chi connectivity index (χ2v) is 3.75. The molecule has 0 saturated heterocycles. The minimum Gasteiger partial charge on any atom is -0.494 e. The zero-order chi connectivity index (χ0) is 13.0. The summed E-state index contributed by atoms with van der Waals surface area (Å²) in [6, 6.07) is 14.3. The molecule has 0 bridgehead atoms. The first-order valence-electron chi connectivity index (χ1n) is 5.51. The Labute approximate surface area is 105 Å². The van der Waals surface area contributed by atoms with Crippen LogP contribution in [0.2, 0.25) is 0 Å². The van der Waals surface area contributed by atoms with E-state index in [1.165, 1.54) is 7.11 Å². The molecule has 0 saturated carbocycles. The van der Waals surface area contributed by atoms with E-state index < -0.39 is 0 Å². The minimum absolute atomic E-state index is 0.245. The van der Waals surface area contributed by atoms with Gasteiger partial charge in [-0.25, -0.2) is 0 Å². The Morgan fingerprint density at radius 3 is 2.50 bits per heavy atom. The number of ether oxygens (including phenoxy) is 1. The second-order valence-electron chi connectivity index (χ2n) is 3.75. The van der Waals surface area contributed by atoms with E-state index in [0.29, 0.717) is 17.0 Å². The van der Waals surface area contributed by atoms with Gasteiger partial charge in [-0.15, -0.1) is 0 Å². The fourth-order valence-corrected chi connectivity index (χ4v) is 1.68. The monoisotopic (exact) mass is 242 g/mol. The number of carbonyl (C=O) groups excluding carboxylic acids is 1. The third kappa shape index (κ3) is 2.43. The van der Waals surface area contributed by atoms with Gasteiger partial charge in [0.25, 0.3) is 5.91 Å². The van der Waals surface area contributed by atoms with Gasteiger partial charge in [0.2, 0.25) is 0 Å². The lowest BCUT2D eigenvalue weighted by Gasteiger charge is -2.11. The Hall–Kier alpha value is -2.49. The molecule has 4 heteroatoms. The highest BCUT2D eigenvalue weighted by Gasteiger charge is 2.14. The van der Waals surface area contributed by atoms with Crippen LogP contribution in [0.1, 0.15) is 10.4 Å². The quantitative estimate of drug-likeness (QED) is 0.813. The van der Waals surface area contributed by atoms with Gasteiger partial charge < -0.3 is 15.8 Å². The summed E-state index contributed by atoms with van der Waals surface area (Å²) in [6.45, 7) is 0. The summed E-state index contributed by atoms with van der Waals surface area (Å²) in [5.74, 6) is 0.149. The average Bonchev–Trinajstić information content (AvgIpc) is 2.39. The van der Waals surface area contributed by atoms with Crippen LogP contribution in [0, 0.1) is 0 Å². The maximum Gasteiger partial charge on any atom is 0.259 e. The van der Waals surface area contributed by atoms with Crippen molar-refractivity contribution in [2.24, 2.45) is 0 Å². The number of carbonyl (C=O) groups is 1. The van der Waals surface area contributed by atoms with Gasteiger partial charge >= 0.3 is 0 Å². The maximum absolute atomic E-state index is 12.1. The minimum atomic E-state index is -0.245. The van der Waals surface area contributed by atoms with Crippen LogP contribution >= 0.6 is 0 Å². The van der Waals surface area contributed by atoms with Crippen LogP contribution in [0.5, 0.6) is 5.75 Å². The van der Waals surface area contributed by atoms with Gasteiger partial charge in [0, 0.05) is 5.69 Å². The number of anilines is 2. The molecule has 0 aromatic heterocycles. The van der Waals surface area contributed by atoms with Crippen molar-refractivity contribution in [3.63, 3.8) is 0 Å². The molecule has 18 heavy (non-hydrogen) atoms. The van der Waals surface area contributed by atoms with Gasteiger partial charge in [0.1, 0.15) is 0 Å². The summed E-state index contributed by atoms with van der Waals surface area (Å²) < 4.78 is 5.15. The van der Waals surface area contributed by atoms with Crippen molar-refractivity contribution in [1.82, 2.24) is 0 Å². The molecule has 0 aliphatic heterocycles. The molecule has 0 fully saturated rings. The first-order chi connectivity index (χ1) is 8.72. The molecule has 0 aliphatic rings. The van der Waals surface area contributed by atoms with E-state index in [1.807, 2.05) is 30.3 Å². The Bertz CT molecular complexity index is 553. The molecule has 0 spiro atoms. The van der Waals surface area contributed by atoms with Crippen molar-refractivity contribution in [3.05, 3.63) is 54.1 Å². The average molecular weight is 242 g/mol. The molecule has 3 N–H and O–H groups in total. The summed E-state index contributed by atoms with van der Waals surface area (Å²) >= 11 is 0. The van der Waals surface area contributed by atoms with Gasteiger partial charge in [0.15, 0.2) is 5.75 Å². The van der Waals surface area contributed by atoms with Crippen molar-refractivity contribution < 1.29 is 9.53 Å². The summed E-state index contributed by atoms with van der Waals surface area (Å²) in [6.07, 6.45) is 0. The third-order valence-corrected chi connectivity index (χ3v) is 2.53. The normalized spacial score (nSPS) is 9.83. The maximum atomic E-state index is 12.1. The standard InChI is InChI=1S/C14H14N2O2/c1-18-13-11(8-5-9-12(13)15)14(17)16-10-6-3-2-4-7-10/h2-9H,15H2,1H3,(H,16,17). The highest BCUT2D eigenvalue weighted by molar-refractivity contribution is 6.07. The summed E-state index contributed by atoms with van der Waals surface area (Å²) in [5, 5.41) is 2.79. The smallest absolute Gasteiger partial charge is 0.259 e. The molecule has 0 atom stereocenters. The summed E-state index contributed by atoms with van der Waals surface area (Å²) in [4.78, 5) is 12.1. The summed E-state index contributed by atoms with van der Waals surface area (Å²) in [5.41, 5.74) is 7.35. The molecule has 92 valence electrons. The first-order valence-corrected chi connectivity index (χ1v) is 5.51. The number of rotatable bonds is 3. The Balaban J connectivity index is 2.27. The van der Waals surface area contributed by atoms with Gasteiger partial charge in [0.05, 0.1) is 18.4 Å². The van der Waals surface area contributed by atoms with E-state index in [9.17, 15) is 4.79 Å². The van der Waals surface area contributed by atoms with E-state index in [2.05, 4.69) is 5.32 Å². The van der Waals surface area contributed by atoms with Crippen LogP contribution in [-0.2, 0) is 0 Å². The lowest BCUT2D eigenvalue weighted by atomic mass is 10.1. The van der Waals surface area contributed by atoms with Crippen molar-refractivity contribution in [1.29, 1.82) is 0 Å². The fraction of sp³-hybridized carbons (Fsp3) is 0.0714. The predicted molar refractivity (Wildman–Crippen MR) is 71.8 cm³/mol. The molecular weight excluding hydrogens is 228 g/mol. The molecule has 1 amide bonds. The number of benzene rings is 2. The summed E-state index contributed by atoms with van der Waals surface area (Å²) in [7, 11) is 1.49. The molecule has 0 unspecified atom stereocenters. The van der Waals surface area contributed by atoms with E-state index in [-0.39, 0.29) is 5.91 Å².